The molecule has 0 heterocycles. The highest BCUT2D eigenvalue weighted by Crippen LogP contribution is 2.10. The minimum Gasteiger partial charge on any atom is -0.480 e. The largest absolute Gasteiger partial charge is 0.480 e. The SMILES string of the molecule is CCc1ccc(NC(=O)CN(CC(=O)O)C(C)C)cc1. The van der Waals surface area contributed by atoms with Crippen molar-refractivity contribution in [2.45, 2.75) is 33.2 Å². The lowest BCUT2D eigenvalue weighted by Gasteiger charge is -2.23. The number of amides is 1. The first-order chi connectivity index (χ1) is 9.42. The summed E-state index contributed by atoms with van der Waals surface area (Å²) in [5.41, 5.74) is 1.93. The number of aliphatic carboxylic acids is 1. The van der Waals surface area contributed by atoms with E-state index in [1.807, 2.05) is 38.1 Å². The first kappa shape index (κ1) is 16.2. The lowest BCUT2D eigenvalue weighted by atomic mass is 10.1. The standard InChI is InChI=1S/C15H22N2O3/c1-4-12-5-7-13(8-6-12)16-14(18)9-17(11(2)3)10-15(19)20/h5-8,11H,4,9-10H2,1-3H3,(H,16,18)(H,19,20). The van der Waals surface area contributed by atoms with E-state index in [1.54, 1.807) is 4.90 Å². The van der Waals surface area contributed by atoms with Crippen molar-refractivity contribution in [3.63, 3.8) is 0 Å². The van der Waals surface area contributed by atoms with Gasteiger partial charge in [0.05, 0.1) is 13.1 Å². The van der Waals surface area contributed by atoms with Crippen LogP contribution in [0.15, 0.2) is 24.3 Å². The molecule has 1 rings (SSSR count). The molecule has 0 atom stereocenters. The molecule has 1 amide bonds. The number of carboxylic acid groups (broad SMARTS) is 1. The predicted octanol–water partition coefficient (Wildman–Crippen LogP) is 1.98. The van der Waals surface area contributed by atoms with Crippen molar-refractivity contribution in [3.05, 3.63) is 29.8 Å². The van der Waals surface area contributed by atoms with Crippen LogP contribution in [0, 0.1) is 0 Å². The molecular weight excluding hydrogens is 256 g/mol. The lowest BCUT2D eigenvalue weighted by Crippen LogP contribution is -2.41. The maximum Gasteiger partial charge on any atom is 0.317 e. The number of aryl methyl sites for hydroxylation is 1. The molecule has 0 fully saturated rings. The summed E-state index contributed by atoms with van der Waals surface area (Å²) < 4.78 is 0. The molecule has 0 saturated heterocycles. The van der Waals surface area contributed by atoms with Crippen LogP contribution in [0.2, 0.25) is 0 Å². The first-order valence-corrected chi connectivity index (χ1v) is 6.77. The number of nitrogens with one attached hydrogen (secondary N) is 1. The van der Waals surface area contributed by atoms with E-state index in [4.69, 9.17) is 5.11 Å². The molecule has 5 heteroatoms. The summed E-state index contributed by atoms with van der Waals surface area (Å²) in [6.45, 7) is 5.73. The summed E-state index contributed by atoms with van der Waals surface area (Å²) in [5.74, 6) is -1.14. The third-order valence-corrected chi connectivity index (χ3v) is 3.06. The Hall–Kier alpha value is -1.88. The number of anilines is 1. The molecule has 0 unspecified atom stereocenters. The van der Waals surface area contributed by atoms with Crippen molar-refractivity contribution in [2.24, 2.45) is 0 Å². The number of hydrogen-bond acceptors (Lipinski definition) is 3. The van der Waals surface area contributed by atoms with Gasteiger partial charge in [-0.3, -0.25) is 14.5 Å². The number of carbonyl (C=O) groups is 2. The van der Waals surface area contributed by atoms with Crippen molar-refractivity contribution >= 4 is 17.6 Å². The molecule has 0 aliphatic rings. The van der Waals surface area contributed by atoms with Crippen LogP contribution in [0.1, 0.15) is 26.3 Å². The van der Waals surface area contributed by atoms with E-state index in [2.05, 4.69) is 12.2 Å². The van der Waals surface area contributed by atoms with Gasteiger partial charge in [0.2, 0.25) is 5.91 Å². The minimum absolute atomic E-state index is 0.000632. The molecule has 0 aliphatic heterocycles. The zero-order valence-corrected chi connectivity index (χ0v) is 12.2. The molecule has 20 heavy (non-hydrogen) atoms. The minimum atomic E-state index is -0.932. The molecule has 0 aromatic heterocycles. The van der Waals surface area contributed by atoms with Gasteiger partial charge in [0.1, 0.15) is 0 Å². The van der Waals surface area contributed by atoms with Gasteiger partial charge >= 0.3 is 5.97 Å². The molecule has 1 aromatic rings. The smallest absolute Gasteiger partial charge is 0.317 e. The maximum atomic E-state index is 11.9. The number of hydrogen-bond donors (Lipinski definition) is 2. The summed E-state index contributed by atoms with van der Waals surface area (Å²) in [4.78, 5) is 24.3. The van der Waals surface area contributed by atoms with Gasteiger partial charge in [-0.25, -0.2) is 0 Å². The molecule has 0 radical (unpaired) electrons. The van der Waals surface area contributed by atoms with Crippen LogP contribution >= 0.6 is 0 Å². The third-order valence-electron chi connectivity index (χ3n) is 3.06. The van der Waals surface area contributed by atoms with Gasteiger partial charge in [0.15, 0.2) is 0 Å². The second-order valence-electron chi connectivity index (χ2n) is 4.99. The van der Waals surface area contributed by atoms with Gasteiger partial charge in [-0.2, -0.15) is 0 Å². The Morgan fingerprint density at radius 1 is 1.20 bits per heavy atom. The quantitative estimate of drug-likeness (QED) is 0.800. The lowest BCUT2D eigenvalue weighted by molar-refractivity contribution is -0.139. The van der Waals surface area contributed by atoms with Gasteiger partial charge < -0.3 is 10.4 Å². The molecule has 1 aromatic carbocycles. The van der Waals surface area contributed by atoms with Crippen LogP contribution in [-0.4, -0.2) is 41.0 Å². The molecular formula is C15H22N2O3. The van der Waals surface area contributed by atoms with Crippen molar-refractivity contribution in [1.29, 1.82) is 0 Å². The monoisotopic (exact) mass is 278 g/mol. The molecule has 0 bridgehead atoms. The normalized spacial score (nSPS) is 10.8. The second kappa shape index (κ2) is 7.65. The zero-order valence-electron chi connectivity index (χ0n) is 12.2. The fraction of sp³-hybridized carbons (Fsp3) is 0.467. The third kappa shape index (κ3) is 5.40. The highest BCUT2D eigenvalue weighted by molar-refractivity contribution is 5.92. The van der Waals surface area contributed by atoms with E-state index in [0.717, 1.165) is 12.1 Å². The van der Waals surface area contributed by atoms with E-state index < -0.39 is 5.97 Å². The van der Waals surface area contributed by atoms with Crippen LogP contribution in [-0.2, 0) is 16.0 Å². The van der Waals surface area contributed by atoms with E-state index in [9.17, 15) is 9.59 Å². The number of carbonyl (C=O) groups excluding carboxylic acids is 1. The molecule has 110 valence electrons. The fourth-order valence-electron chi connectivity index (χ4n) is 1.80. The predicted molar refractivity (Wildman–Crippen MR) is 78.8 cm³/mol. The van der Waals surface area contributed by atoms with Gasteiger partial charge in [-0.05, 0) is 38.0 Å². The van der Waals surface area contributed by atoms with Gasteiger partial charge in [-0.15, -0.1) is 0 Å². The van der Waals surface area contributed by atoms with E-state index in [-0.39, 0.29) is 25.0 Å². The summed E-state index contributed by atoms with van der Waals surface area (Å²) in [7, 11) is 0. The average molecular weight is 278 g/mol. The van der Waals surface area contributed by atoms with Gasteiger partial charge in [0, 0.05) is 11.7 Å². The Morgan fingerprint density at radius 3 is 2.25 bits per heavy atom. The van der Waals surface area contributed by atoms with Crippen LogP contribution < -0.4 is 5.32 Å². The highest BCUT2D eigenvalue weighted by Gasteiger charge is 2.16. The summed E-state index contributed by atoms with van der Waals surface area (Å²) in [5, 5.41) is 11.6. The van der Waals surface area contributed by atoms with Crippen molar-refractivity contribution < 1.29 is 14.7 Å². The second-order valence-corrected chi connectivity index (χ2v) is 4.99. The molecule has 0 saturated carbocycles. The van der Waals surface area contributed by atoms with E-state index >= 15 is 0 Å². The van der Waals surface area contributed by atoms with Gasteiger partial charge in [-0.1, -0.05) is 19.1 Å². The van der Waals surface area contributed by atoms with Crippen LogP contribution in [0.3, 0.4) is 0 Å². The van der Waals surface area contributed by atoms with Gasteiger partial charge in [0.25, 0.3) is 0 Å². The first-order valence-electron chi connectivity index (χ1n) is 6.77. The maximum absolute atomic E-state index is 11.9. The molecule has 0 aliphatic carbocycles. The number of benzene rings is 1. The Balaban J connectivity index is 2.58. The molecule has 2 N–H and O–H groups in total. The Labute approximate surface area is 119 Å². The van der Waals surface area contributed by atoms with Crippen molar-refractivity contribution in [3.8, 4) is 0 Å². The van der Waals surface area contributed by atoms with Crippen molar-refractivity contribution in [1.82, 2.24) is 4.90 Å². The number of nitrogens with zero attached hydrogens (tertiary/aromatic N) is 1. The summed E-state index contributed by atoms with van der Waals surface area (Å²) in [6.07, 6.45) is 0.952. The number of carboxylic acids is 1. The zero-order chi connectivity index (χ0) is 15.1. The van der Waals surface area contributed by atoms with Crippen LogP contribution in [0.5, 0.6) is 0 Å². The molecule has 0 spiro atoms. The Bertz CT molecular complexity index is 455. The van der Waals surface area contributed by atoms with Crippen molar-refractivity contribution in [2.75, 3.05) is 18.4 Å². The molecule has 5 nitrogen and oxygen atoms in total. The summed E-state index contributed by atoms with van der Waals surface area (Å²) in [6, 6.07) is 7.64. The topological polar surface area (TPSA) is 69.6 Å². The number of rotatable bonds is 7. The van der Waals surface area contributed by atoms with E-state index in [0.29, 0.717) is 0 Å². The highest BCUT2D eigenvalue weighted by atomic mass is 16.4. The fourth-order valence-corrected chi connectivity index (χ4v) is 1.80. The Morgan fingerprint density at radius 2 is 1.80 bits per heavy atom. The van der Waals surface area contributed by atoms with Crippen LogP contribution in [0.4, 0.5) is 5.69 Å². The average Bonchev–Trinajstić information content (AvgIpc) is 2.38. The van der Waals surface area contributed by atoms with E-state index in [1.165, 1.54) is 5.56 Å². The van der Waals surface area contributed by atoms with Crippen LogP contribution in [0.25, 0.3) is 0 Å². The summed E-state index contributed by atoms with van der Waals surface area (Å²) >= 11 is 0. The Kier molecular flexibility index (Phi) is 6.18.